The molecule has 2 aromatic rings. The van der Waals surface area contributed by atoms with Gasteiger partial charge in [0.1, 0.15) is 11.3 Å². The topological polar surface area (TPSA) is 90.7 Å². The molecule has 3 N–H and O–H groups in total. The molecule has 0 aromatic heterocycles. The van der Waals surface area contributed by atoms with Crippen LogP contribution in [0.5, 0.6) is 5.75 Å². The number of anilines is 2. The Bertz CT molecular complexity index is 842. The van der Waals surface area contributed by atoms with Gasteiger partial charge in [-0.25, -0.2) is 4.79 Å². The number of nitrogens with two attached hydrogens (primary N) is 1. The van der Waals surface area contributed by atoms with Crippen molar-refractivity contribution in [3.05, 3.63) is 52.5 Å². The number of methoxy groups -OCH3 is 1. The van der Waals surface area contributed by atoms with E-state index < -0.39 is 18.5 Å². The van der Waals surface area contributed by atoms with Gasteiger partial charge in [-0.15, -0.1) is 0 Å². The van der Waals surface area contributed by atoms with Crippen LogP contribution in [-0.4, -0.2) is 25.6 Å². The van der Waals surface area contributed by atoms with Gasteiger partial charge in [0.25, 0.3) is 5.91 Å². The highest BCUT2D eigenvalue weighted by molar-refractivity contribution is 6.33. The molecule has 0 bridgehead atoms. The number of ether oxygens (including phenoxy) is 2. The quantitative estimate of drug-likeness (QED) is 0.594. The van der Waals surface area contributed by atoms with E-state index in [1.165, 1.54) is 19.2 Å². The van der Waals surface area contributed by atoms with E-state index in [0.717, 1.165) is 5.56 Å². The number of rotatable bonds is 5. The largest absolute Gasteiger partial charge is 0.496 e. The lowest BCUT2D eigenvalue weighted by molar-refractivity contribution is -0.119. The molecule has 0 atom stereocenters. The molecule has 0 fully saturated rings. The van der Waals surface area contributed by atoms with Gasteiger partial charge in [-0.2, -0.15) is 0 Å². The third-order valence-corrected chi connectivity index (χ3v) is 4.24. The SMILES string of the molecule is COc1cc(N)c(Cl)cc1C(=O)OCC(=O)Nc1ccc(C(C)(C)C)cc1. The van der Waals surface area contributed by atoms with E-state index in [0.29, 0.717) is 5.69 Å². The number of amides is 1. The van der Waals surface area contributed by atoms with Crippen LogP contribution in [0, 0.1) is 0 Å². The van der Waals surface area contributed by atoms with Crippen molar-refractivity contribution in [2.75, 3.05) is 24.8 Å². The van der Waals surface area contributed by atoms with Crippen molar-refractivity contribution in [2.45, 2.75) is 26.2 Å². The van der Waals surface area contributed by atoms with Crippen LogP contribution in [0.4, 0.5) is 11.4 Å². The highest BCUT2D eigenvalue weighted by Crippen LogP contribution is 2.29. The highest BCUT2D eigenvalue weighted by atomic mass is 35.5. The molecule has 0 radical (unpaired) electrons. The third kappa shape index (κ3) is 5.37. The maximum Gasteiger partial charge on any atom is 0.342 e. The molecule has 0 unspecified atom stereocenters. The fourth-order valence-corrected chi connectivity index (χ4v) is 2.52. The van der Waals surface area contributed by atoms with Crippen LogP contribution in [0.15, 0.2) is 36.4 Å². The molecule has 0 spiro atoms. The second-order valence-corrected chi connectivity index (χ2v) is 7.43. The first kappa shape index (κ1) is 20.6. The molecule has 0 aliphatic heterocycles. The molecular formula is C20H23ClN2O4. The molecule has 6 nitrogen and oxygen atoms in total. The summed E-state index contributed by atoms with van der Waals surface area (Å²) in [5.41, 5.74) is 7.86. The first-order chi connectivity index (χ1) is 12.6. The normalized spacial score (nSPS) is 11.0. The lowest BCUT2D eigenvalue weighted by atomic mass is 9.87. The zero-order chi connectivity index (χ0) is 20.2. The van der Waals surface area contributed by atoms with Crippen molar-refractivity contribution in [1.29, 1.82) is 0 Å². The van der Waals surface area contributed by atoms with E-state index in [9.17, 15) is 9.59 Å². The smallest absolute Gasteiger partial charge is 0.342 e. The Balaban J connectivity index is 1.97. The third-order valence-electron chi connectivity index (χ3n) is 3.91. The Morgan fingerprint density at radius 3 is 2.33 bits per heavy atom. The lowest BCUT2D eigenvalue weighted by Crippen LogP contribution is -2.21. The molecule has 0 aliphatic carbocycles. The summed E-state index contributed by atoms with van der Waals surface area (Å²) in [5, 5.41) is 2.88. The van der Waals surface area contributed by atoms with Crippen molar-refractivity contribution in [2.24, 2.45) is 0 Å². The van der Waals surface area contributed by atoms with Crippen LogP contribution in [-0.2, 0) is 14.9 Å². The van der Waals surface area contributed by atoms with E-state index >= 15 is 0 Å². The number of esters is 1. The minimum absolute atomic E-state index is 0.0253. The van der Waals surface area contributed by atoms with Gasteiger partial charge in [-0.1, -0.05) is 44.5 Å². The number of benzene rings is 2. The van der Waals surface area contributed by atoms with E-state index in [-0.39, 0.29) is 27.4 Å². The fourth-order valence-electron chi connectivity index (χ4n) is 2.36. The summed E-state index contributed by atoms with van der Waals surface area (Å²) in [6, 6.07) is 10.3. The summed E-state index contributed by atoms with van der Waals surface area (Å²) in [6.07, 6.45) is 0. The maximum absolute atomic E-state index is 12.2. The summed E-state index contributed by atoms with van der Waals surface area (Å²) in [6.45, 7) is 5.89. The zero-order valence-electron chi connectivity index (χ0n) is 15.8. The van der Waals surface area contributed by atoms with Crippen molar-refractivity contribution in [3.8, 4) is 5.75 Å². The second kappa shape index (κ2) is 8.31. The predicted molar refractivity (Wildman–Crippen MR) is 106 cm³/mol. The molecule has 2 aromatic carbocycles. The standard InChI is InChI=1S/C20H23ClN2O4/c1-20(2,3)12-5-7-13(8-6-12)23-18(24)11-27-19(25)14-9-15(21)16(22)10-17(14)26-4/h5-10H,11,22H2,1-4H3,(H,23,24). The molecule has 2 rings (SSSR count). The Morgan fingerprint density at radius 2 is 1.78 bits per heavy atom. The molecule has 0 saturated heterocycles. The summed E-state index contributed by atoms with van der Waals surface area (Å²) in [7, 11) is 1.40. The van der Waals surface area contributed by atoms with Gasteiger partial charge in [0.15, 0.2) is 6.61 Å². The summed E-state index contributed by atoms with van der Waals surface area (Å²) in [4.78, 5) is 24.3. The van der Waals surface area contributed by atoms with Crippen molar-refractivity contribution >= 4 is 34.9 Å². The Kier molecular flexibility index (Phi) is 6.33. The number of carbonyl (C=O) groups excluding carboxylic acids is 2. The monoisotopic (exact) mass is 390 g/mol. The second-order valence-electron chi connectivity index (χ2n) is 7.03. The van der Waals surface area contributed by atoms with Crippen LogP contribution in [0.1, 0.15) is 36.7 Å². The fraction of sp³-hybridized carbons (Fsp3) is 0.300. The molecule has 144 valence electrons. The minimum atomic E-state index is -0.730. The Morgan fingerprint density at radius 1 is 1.15 bits per heavy atom. The predicted octanol–water partition coefficient (Wildman–Crippen LogP) is 4.02. The van der Waals surface area contributed by atoms with Gasteiger partial charge in [0, 0.05) is 11.8 Å². The molecule has 0 aliphatic rings. The van der Waals surface area contributed by atoms with Gasteiger partial charge in [-0.05, 0) is 29.2 Å². The number of hydrogen-bond acceptors (Lipinski definition) is 5. The van der Waals surface area contributed by atoms with Crippen molar-refractivity contribution < 1.29 is 19.1 Å². The maximum atomic E-state index is 12.2. The summed E-state index contributed by atoms with van der Waals surface area (Å²) < 4.78 is 10.2. The van der Waals surface area contributed by atoms with Gasteiger partial charge in [-0.3, -0.25) is 4.79 Å². The molecule has 27 heavy (non-hydrogen) atoms. The van der Waals surface area contributed by atoms with Crippen LogP contribution in [0.25, 0.3) is 0 Å². The summed E-state index contributed by atoms with van der Waals surface area (Å²) in [5.74, 6) is -0.959. The Labute approximate surface area is 163 Å². The molecule has 0 saturated carbocycles. The average Bonchev–Trinajstić information content (AvgIpc) is 2.61. The van der Waals surface area contributed by atoms with E-state index in [1.54, 1.807) is 0 Å². The number of halogens is 1. The van der Waals surface area contributed by atoms with Crippen LogP contribution >= 0.6 is 11.6 Å². The number of hydrogen-bond donors (Lipinski definition) is 2. The zero-order valence-corrected chi connectivity index (χ0v) is 16.5. The van der Waals surface area contributed by atoms with Gasteiger partial charge in [0.2, 0.25) is 0 Å². The first-order valence-corrected chi connectivity index (χ1v) is 8.70. The van der Waals surface area contributed by atoms with E-state index in [1.807, 2.05) is 24.3 Å². The molecule has 0 heterocycles. The van der Waals surface area contributed by atoms with Crippen LogP contribution in [0.3, 0.4) is 0 Å². The van der Waals surface area contributed by atoms with Gasteiger partial charge in [0.05, 0.1) is 17.8 Å². The van der Waals surface area contributed by atoms with Crippen LogP contribution in [0.2, 0.25) is 5.02 Å². The lowest BCUT2D eigenvalue weighted by Gasteiger charge is -2.19. The highest BCUT2D eigenvalue weighted by Gasteiger charge is 2.18. The van der Waals surface area contributed by atoms with E-state index in [4.69, 9.17) is 26.8 Å². The Hall–Kier alpha value is -2.73. The van der Waals surface area contributed by atoms with Gasteiger partial charge < -0.3 is 20.5 Å². The van der Waals surface area contributed by atoms with Crippen LogP contribution < -0.4 is 15.8 Å². The van der Waals surface area contributed by atoms with Crippen molar-refractivity contribution in [1.82, 2.24) is 0 Å². The molecular weight excluding hydrogens is 368 g/mol. The number of nitrogens with one attached hydrogen (secondary N) is 1. The molecule has 7 heteroatoms. The molecule has 1 amide bonds. The number of nitrogen functional groups attached to an aromatic ring is 1. The van der Waals surface area contributed by atoms with Crippen molar-refractivity contribution in [3.63, 3.8) is 0 Å². The number of carbonyl (C=O) groups is 2. The summed E-state index contributed by atoms with van der Waals surface area (Å²) >= 11 is 5.93. The first-order valence-electron chi connectivity index (χ1n) is 8.32. The average molecular weight is 391 g/mol. The minimum Gasteiger partial charge on any atom is -0.496 e. The van der Waals surface area contributed by atoms with Gasteiger partial charge >= 0.3 is 5.97 Å². The van der Waals surface area contributed by atoms with E-state index in [2.05, 4.69) is 26.1 Å².